The first-order valence-electron chi connectivity index (χ1n) is 9.40. The van der Waals surface area contributed by atoms with E-state index < -0.39 is 23.8 Å². The number of anilines is 1. The summed E-state index contributed by atoms with van der Waals surface area (Å²) in [5.41, 5.74) is 1.89. The Balaban J connectivity index is 1.65. The number of ether oxygens (including phenoxy) is 1. The molecule has 7 heteroatoms. The number of rotatable bonds is 6. The number of benzene rings is 2. The van der Waals surface area contributed by atoms with Crippen molar-refractivity contribution in [3.05, 3.63) is 89.6 Å². The Morgan fingerprint density at radius 3 is 2.17 bits per heavy atom. The van der Waals surface area contributed by atoms with Gasteiger partial charge in [-0.3, -0.25) is 19.3 Å². The van der Waals surface area contributed by atoms with E-state index in [4.69, 9.17) is 4.74 Å². The molecule has 0 aliphatic carbocycles. The normalized spacial score (nSPS) is 13.7. The molecule has 1 aliphatic rings. The zero-order chi connectivity index (χ0) is 21.1. The SMILES string of the molecule is COc1ccc(NC(=O)[C@H](Cc2ccccc2)N2C(=O)c3ccccc3C2=O)cn1. The van der Waals surface area contributed by atoms with Gasteiger partial charge in [0.15, 0.2) is 0 Å². The van der Waals surface area contributed by atoms with Crippen LogP contribution in [-0.4, -0.2) is 40.8 Å². The van der Waals surface area contributed by atoms with Gasteiger partial charge in [-0.25, -0.2) is 4.98 Å². The van der Waals surface area contributed by atoms with Crippen LogP contribution >= 0.6 is 0 Å². The molecule has 1 aliphatic heterocycles. The minimum atomic E-state index is -1.01. The molecule has 2 aromatic carbocycles. The van der Waals surface area contributed by atoms with Crippen LogP contribution in [0.25, 0.3) is 0 Å². The zero-order valence-corrected chi connectivity index (χ0v) is 16.2. The first-order chi connectivity index (χ1) is 14.6. The van der Waals surface area contributed by atoms with E-state index in [1.54, 1.807) is 36.4 Å². The van der Waals surface area contributed by atoms with Gasteiger partial charge in [-0.05, 0) is 23.8 Å². The van der Waals surface area contributed by atoms with E-state index in [9.17, 15) is 14.4 Å². The van der Waals surface area contributed by atoms with Gasteiger partial charge in [0, 0.05) is 12.5 Å². The maximum atomic E-state index is 13.2. The van der Waals surface area contributed by atoms with Crippen LogP contribution in [0.5, 0.6) is 5.88 Å². The number of fused-ring (bicyclic) bond motifs is 1. The summed E-state index contributed by atoms with van der Waals surface area (Å²) in [6, 6.07) is 18.1. The molecule has 0 fully saturated rings. The number of imide groups is 1. The summed E-state index contributed by atoms with van der Waals surface area (Å²) in [6.07, 6.45) is 1.65. The molecule has 0 unspecified atom stereocenters. The van der Waals surface area contributed by atoms with Crippen LogP contribution in [0.1, 0.15) is 26.3 Å². The Morgan fingerprint density at radius 2 is 1.60 bits per heavy atom. The fraction of sp³-hybridized carbons (Fsp3) is 0.130. The highest BCUT2D eigenvalue weighted by Gasteiger charge is 2.42. The highest BCUT2D eigenvalue weighted by atomic mass is 16.5. The van der Waals surface area contributed by atoms with Gasteiger partial charge < -0.3 is 10.1 Å². The van der Waals surface area contributed by atoms with E-state index in [0.717, 1.165) is 10.5 Å². The number of carbonyl (C=O) groups excluding carboxylic acids is 3. The number of aromatic nitrogens is 1. The molecule has 1 aromatic heterocycles. The molecule has 0 spiro atoms. The number of hydrogen-bond donors (Lipinski definition) is 1. The summed E-state index contributed by atoms with van der Waals surface area (Å²) < 4.78 is 5.02. The van der Waals surface area contributed by atoms with Gasteiger partial charge in [0.1, 0.15) is 6.04 Å². The Morgan fingerprint density at radius 1 is 0.967 bits per heavy atom. The van der Waals surface area contributed by atoms with E-state index in [2.05, 4.69) is 10.3 Å². The average molecular weight is 401 g/mol. The van der Waals surface area contributed by atoms with Crippen molar-refractivity contribution in [2.75, 3.05) is 12.4 Å². The van der Waals surface area contributed by atoms with Gasteiger partial charge in [0.25, 0.3) is 11.8 Å². The lowest BCUT2D eigenvalue weighted by atomic mass is 10.0. The largest absolute Gasteiger partial charge is 0.481 e. The molecule has 30 heavy (non-hydrogen) atoms. The lowest BCUT2D eigenvalue weighted by molar-refractivity contribution is -0.119. The average Bonchev–Trinajstić information content (AvgIpc) is 3.03. The molecule has 4 rings (SSSR count). The number of hydrogen-bond acceptors (Lipinski definition) is 5. The van der Waals surface area contributed by atoms with Crippen molar-refractivity contribution in [3.8, 4) is 5.88 Å². The lowest BCUT2D eigenvalue weighted by Crippen LogP contribution is -2.48. The topological polar surface area (TPSA) is 88.6 Å². The first-order valence-corrected chi connectivity index (χ1v) is 9.40. The van der Waals surface area contributed by atoms with Gasteiger partial charge in [-0.2, -0.15) is 0 Å². The molecular weight excluding hydrogens is 382 g/mol. The van der Waals surface area contributed by atoms with Crippen LogP contribution in [0.2, 0.25) is 0 Å². The highest BCUT2D eigenvalue weighted by molar-refractivity contribution is 6.23. The summed E-state index contributed by atoms with van der Waals surface area (Å²) in [5, 5.41) is 2.76. The van der Waals surface area contributed by atoms with Crippen molar-refractivity contribution < 1.29 is 19.1 Å². The molecule has 3 amide bonds. The molecule has 0 bridgehead atoms. The van der Waals surface area contributed by atoms with E-state index in [-0.39, 0.29) is 6.42 Å². The maximum Gasteiger partial charge on any atom is 0.262 e. The molecule has 1 N–H and O–H groups in total. The first kappa shape index (κ1) is 19.3. The molecule has 0 radical (unpaired) electrons. The minimum Gasteiger partial charge on any atom is -0.481 e. The van der Waals surface area contributed by atoms with Crippen molar-refractivity contribution in [2.24, 2.45) is 0 Å². The zero-order valence-electron chi connectivity index (χ0n) is 16.2. The summed E-state index contributed by atoms with van der Waals surface area (Å²) in [7, 11) is 1.50. The van der Waals surface area contributed by atoms with Crippen molar-refractivity contribution in [2.45, 2.75) is 12.5 Å². The van der Waals surface area contributed by atoms with Crippen LogP contribution in [0, 0.1) is 0 Å². The molecule has 0 saturated carbocycles. The van der Waals surface area contributed by atoms with E-state index in [1.165, 1.54) is 13.3 Å². The van der Waals surface area contributed by atoms with Gasteiger partial charge in [-0.1, -0.05) is 42.5 Å². The fourth-order valence-electron chi connectivity index (χ4n) is 3.43. The molecule has 0 saturated heterocycles. The smallest absolute Gasteiger partial charge is 0.262 e. The van der Waals surface area contributed by atoms with Gasteiger partial charge in [0.2, 0.25) is 11.8 Å². The van der Waals surface area contributed by atoms with Gasteiger partial charge >= 0.3 is 0 Å². The Kier molecular flexibility index (Phi) is 5.26. The number of pyridine rings is 1. The van der Waals surface area contributed by atoms with Crippen molar-refractivity contribution in [3.63, 3.8) is 0 Å². The van der Waals surface area contributed by atoms with Crippen molar-refractivity contribution >= 4 is 23.4 Å². The van der Waals surface area contributed by atoms with Crippen LogP contribution in [0.4, 0.5) is 5.69 Å². The molecule has 150 valence electrons. The summed E-state index contributed by atoms with van der Waals surface area (Å²) in [6.45, 7) is 0. The molecular formula is C23H19N3O4. The van der Waals surface area contributed by atoms with Crippen LogP contribution in [0.3, 0.4) is 0 Å². The second-order valence-electron chi connectivity index (χ2n) is 6.81. The number of nitrogens with zero attached hydrogens (tertiary/aromatic N) is 2. The highest BCUT2D eigenvalue weighted by Crippen LogP contribution is 2.26. The van der Waals surface area contributed by atoms with E-state index in [1.807, 2.05) is 30.3 Å². The second-order valence-corrected chi connectivity index (χ2v) is 6.81. The summed E-state index contributed by atoms with van der Waals surface area (Å²) in [5.74, 6) is -1.01. The van der Waals surface area contributed by atoms with E-state index >= 15 is 0 Å². The predicted molar refractivity (Wildman–Crippen MR) is 110 cm³/mol. The van der Waals surface area contributed by atoms with Gasteiger partial charge in [0.05, 0.1) is 30.1 Å². The number of methoxy groups -OCH3 is 1. The number of nitrogens with one attached hydrogen (secondary N) is 1. The fourth-order valence-corrected chi connectivity index (χ4v) is 3.43. The molecule has 2 heterocycles. The Hall–Kier alpha value is -4.00. The molecule has 1 atom stereocenters. The van der Waals surface area contributed by atoms with E-state index in [0.29, 0.717) is 22.7 Å². The Bertz CT molecular complexity index is 1060. The maximum absolute atomic E-state index is 13.2. The third-order valence-corrected chi connectivity index (χ3v) is 4.92. The van der Waals surface area contributed by atoms with Crippen molar-refractivity contribution in [1.82, 2.24) is 9.88 Å². The quantitative estimate of drug-likeness (QED) is 0.642. The van der Waals surface area contributed by atoms with Crippen molar-refractivity contribution in [1.29, 1.82) is 0 Å². The molecule has 7 nitrogen and oxygen atoms in total. The standard InChI is InChI=1S/C23H19N3O4/c1-30-20-12-11-16(14-24-20)25-21(27)19(13-15-7-3-2-4-8-15)26-22(28)17-9-5-6-10-18(17)23(26)29/h2-12,14,19H,13H2,1H3,(H,25,27)/t19-/m0/s1. The monoisotopic (exact) mass is 401 g/mol. The number of carbonyl (C=O) groups is 3. The van der Waals surface area contributed by atoms with Gasteiger partial charge in [-0.15, -0.1) is 0 Å². The van der Waals surface area contributed by atoms with Crippen LogP contribution < -0.4 is 10.1 Å². The summed E-state index contributed by atoms with van der Waals surface area (Å²) >= 11 is 0. The number of amides is 3. The molecule has 3 aromatic rings. The third-order valence-electron chi connectivity index (χ3n) is 4.92. The van der Waals surface area contributed by atoms with Crippen LogP contribution in [0.15, 0.2) is 72.9 Å². The summed E-state index contributed by atoms with van der Waals surface area (Å²) in [4.78, 5) is 44.2. The second kappa shape index (κ2) is 8.16. The predicted octanol–water partition coefficient (Wildman–Crippen LogP) is 2.94. The third kappa shape index (κ3) is 3.65. The minimum absolute atomic E-state index is 0.196. The Labute approximate surface area is 173 Å². The lowest BCUT2D eigenvalue weighted by Gasteiger charge is -2.25. The van der Waals surface area contributed by atoms with Crippen LogP contribution in [-0.2, 0) is 11.2 Å².